The lowest BCUT2D eigenvalue weighted by Gasteiger charge is -2.54. The maximum Gasteiger partial charge on any atom is 0.118 e. The number of fused-ring (bicyclic) bond motifs is 3. The van der Waals surface area contributed by atoms with Gasteiger partial charge in [-0.3, -0.25) is 4.90 Å². The van der Waals surface area contributed by atoms with Crippen molar-refractivity contribution in [3.8, 4) is 5.75 Å². The van der Waals surface area contributed by atoms with E-state index in [0.29, 0.717) is 18.0 Å². The van der Waals surface area contributed by atoms with Crippen molar-refractivity contribution < 1.29 is 4.74 Å². The highest BCUT2D eigenvalue weighted by molar-refractivity contribution is 5.36. The molecule has 3 aromatic rings. The fraction of sp³-hybridized carbons (Fsp3) is 0.357. The van der Waals surface area contributed by atoms with Gasteiger partial charge in [0.25, 0.3) is 0 Å². The molecular formula is C28H32N2O. The van der Waals surface area contributed by atoms with E-state index in [2.05, 4.69) is 95.1 Å². The molecule has 2 atom stereocenters. The molecule has 1 N–H and O–H groups in total. The Kier molecular flexibility index (Phi) is 6.06. The number of hydrogen-bond donors (Lipinski definition) is 1. The minimum atomic E-state index is 0.374. The van der Waals surface area contributed by atoms with Gasteiger partial charge in [-0.25, -0.2) is 0 Å². The van der Waals surface area contributed by atoms with Gasteiger partial charge in [0.1, 0.15) is 5.75 Å². The quantitative estimate of drug-likeness (QED) is 0.586. The molecular weight excluding hydrogens is 380 g/mol. The zero-order valence-corrected chi connectivity index (χ0v) is 18.3. The van der Waals surface area contributed by atoms with E-state index in [1.165, 1.54) is 42.6 Å². The molecule has 2 bridgehead atoms. The van der Waals surface area contributed by atoms with Crippen LogP contribution in [0.1, 0.15) is 35.4 Å². The van der Waals surface area contributed by atoms with Gasteiger partial charge < -0.3 is 10.1 Å². The van der Waals surface area contributed by atoms with Gasteiger partial charge in [0.15, 0.2) is 0 Å². The molecule has 0 amide bonds. The highest BCUT2D eigenvalue weighted by Crippen LogP contribution is 2.42. The highest BCUT2D eigenvalue weighted by Gasteiger charge is 2.46. The van der Waals surface area contributed by atoms with Crippen molar-refractivity contribution in [1.29, 1.82) is 0 Å². The summed E-state index contributed by atoms with van der Waals surface area (Å²) < 4.78 is 5.32. The summed E-state index contributed by atoms with van der Waals surface area (Å²) in [6.45, 7) is 3.32. The molecule has 3 aliphatic heterocycles. The average molecular weight is 413 g/mol. The summed E-state index contributed by atoms with van der Waals surface area (Å²) in [7, 11) is 1.72. The predicted molar refractivity (Wildman–Crippen MR) is 126 cm³/mol. The van der Waals surface area contributed by atoms with Gasteiger partial charge in [0.05, 0.1) is 7.11 Å². The third-order valence-electron chi connectivity index (χ3n) is 7.23. The van der Waals surface area contributed by atoms with E-state index in [1.54, 1.807) is 7.11 Å². The van der Waals surface area contributed by atoms with Gasteiger partial charge in [-0.2, -0.15) is 0 Å². The first-order chi connectivity index (χ1) is 15.3. The zero-order chi connectivity index (χ0) is 21.0. The van der Waals surface area contributed by atoms with Crippen LogP contribution < -0.4 is 10.1 Å². The van der Waals surface area contributed by atoms with Crippen molar-refractivity contribution >= 4 is 0 Å². The maximum absolute atomic E-state index is 5.32. The summed E-state index contributed by atoms with van der Waals surface area (Å²) >= 11 is 0. The zero-order valence-electron chi connectivity index (χ0n) is 18.3. The second kappa shape index (κ2) is 9.25. The number of benzene rings is 3. The minimum absolute atomic E-state index is 0.374. The predicted octanol–water partition coefficient (Wildman–Crippen LogP) is 5.08. The van der Waals surface area contributed by atoms with Crippen LogP contribution in [0.5, 0.6) is 5.75 Å². The first-order valence-corrected chi connectivity index (χ1v) is 11.5. The number of hydrogen-bond acceptors (Lipinski definition) is 3. The van der Waals surface area contributed by atoms with E-state index >= 15 is 0 Å². The van der Waals surface area contributed by atoms with Crippen molar-refractivity contribution in [1.82, 2.24) is 10.2 Å². The largest absolute Gasteiger partial charge is 0.497 e. The van der Waals surface area contributed by atoms with Gasteiger partial charge >= 0.3 is 0 Å². The van der Waals surface area contributed by atoms with Crippen molar-refractivity contribution in [3.05, 3.63) is 102 Å². The molecule has 31 heavy (non-hydrogen) atoms. The van der Waals surface area contributed by atoms with Crippen LogP contribution in [0.3, 0.4) is 0 Å². The second-order valence-corrected chi connectivity index (χ2v) is 8.92. The smallest absolute Gasteiger partial charge is 0.118 e. The molecule has 6 rings (SSSR count). The Hall–Kier alpha value is -2.62. The van der Waals surface area contributed by atoms with Crippen LogP contribution >= 0.6 is 0 Å². The molecule has 3 nitrogen and oxygen atoms in total. The van der Waals surface area contributed by atoms with Crippen LogP contribution in [0, 0.1) is 5.92 Å². The molecule has 3 saturated heterocycles. The third-order valence-corrected chi connectivity index (χ3v) is 7.23. The number of methoxy groups -OCH3 is 1. The second-order valence-electron chi connectivity index (χ2n) is 8.92. The third kappa shape index (κ3) is 4.26. The molecule has 160 valence electrons. The van der Waals surface area contributed by atoms with E-state index in [4.69, 9.17) is 4.74 Å². The molecule has 3 fully saturated rings. The number of nitrogens with one attached hydrogen (secondary N) is 1. The molecule has 3 aromatic carbocycles. The van der Waals surface area contributed by atoms with Crippen LogP contribution in [0.15, 0.2) is 84.9 Å². The Morgan fingerprint density at radius 2 is 1.42 bits per heavy atom. The Balaban J connectivity index is 1.46. The van der Waals surface area contributed by atoms with Gasteiger partial charge in [-0.15, -0.1) is 0 Å². The van der Waals surface area contributed by atoms with Crippen LogP contribution in [-0.2, 0) is 6.54 Å². The van der Waals surface area contributed by atoms with E-state index in [-0.39, 0.29) is 0 Å². The van der Waals surface area contributed by atoms with Crippen LogP contribution in [-0.4, -0.2) is 37.2 Å². The number of nitrogens with zero attached hydrogens (tertiary/aromatic N) is 1. The maximum atomic E-state index is 5.32. The standard InChI is InChI=1S/C28H32N2O/c1-31-25-14-12-21(13-15-25)20-29-27-24-16-18-30(19-17-24)28(27)26(22-8-4-2-5-9-22)23-10-6-3-7-11-23/h2-15,24,26-29H,16-20H2,1H3/t27-,28-/m1/s1. The molecule has 0 radical (unpaired) electrons. The first-order valence-electron chi connectivity index (χ1n) is 11.5. The summed E-state index contributed by atoms with van der Waals surface area (Å²) in [5.41, 5.74) is 4.15. The summed E-state index contributed by atoms with van der Waals surface area (Å²) in [6.07, 6.45) is 2.60. The number of ether oxygens (including phenoxy) is 1. The summed E-state index contributed by atoms with van der Waals surface area (Å²) in [5.74, 6) is 2.03. The minimum Gasteiger partial charge on any atom is -0.497 e. The number of rotatable bonds is 7. The van der Waals surface area contributed by atoms with Crippen molar-refractivity contribution in [2.45, 2.75) is 37.4 Å². The fourth-order valence-electron chi connectivity index (χ4n) is 5.67. The number of piperidine rings is 3. The molecule has 3 heteroatoms. The fourth-order valence-corrected chi connectivity index (χ4v) is 5.67. The van der Waals surface area contributed by atoms with Crippen molar-refractivity contribution in [2.75, 3.05) is 20.2 Å². The van der Waals surface area contributed by atoms with Crippen LogP contribution in [0.25, 0.3) is 0 Å². The molecule has 3 heterocycles. The van der Waals surface area contributed by atoms with Crippen LogP contribution in [0.4, 0.5) is 0 Å². The van der Waals surface area contributed by atoms with E-state index in [9.17, 15) is 0 Å². The summed E-state index contributed by atoms with van der Waals surface area (Å²) in [5, 5.41) is 3.99. The van der Waals surface area contributed by atoms with Gasteiger partial charge in [0, 0.05) is 24.5 Å². The Morgan fingerprint density at radius 3 is 1.97 bits per heavy atom. The monoisotopic (exact) mass is 412 g/mol. The molecule has 0 spiro atoms. The lowest BCUT2D eigenvalue weighted by atomic mass is 9.70. The molecule has 3 aliphatic rings. The lowest BCUT2D eigenvalue weighted by molar-refractivity contribution is 0.00468. The van der Waals surface area contributed by atoms with Gasteiger partial charge in [-0.05, 0) is 60.7 Å². The van der Waals surface area contributed by atoms with Gasteiger partial charge in [-0.1, -0.05) is 72.8 Å². The SMILES string of the molecule is COc1ccc(CN[C@@H]2C3CCN(CC3)[C@@H]2C(c2ccccc2)c2ccccc2)cc1. The normalized spacial score (nSPS) is 25.0. The van der Waals surface area contributed by atoms with Crippen molar-refractivity contribution in [3.63, 3.8) is 0 Å². The summed E-state index contributed by atoms with van der Waals surface area (Å²) in [6, 6.07) is 31.6. The Labute approximate surface area is 186 Å². The first kappa shape index (κ1) is 20.3. The lowest BCUT2D eigenvalue weighted by Crippen LogP contribution is -2.64. The Morgan fingerprint density at radius 1 is 0.839 bits per heavy atom. The van der Waals surface area contributed by atoms with Gasteiger partial charge in [0.2, 0.25) is 0 Å². The molecule has 0 aliphatic carbocycles. The van der Waals surface area contributed by atoms with Crippen LogP contribution in [0.2, 0.25) is 0 Å². The van der Waals surface area contributed by atoms with E-state index < -0.39 is 0 Å². The summed E-state index contributed by atoms with van der Waals surface area (Å²) in [4.78, 5) is 2.75. The molecule has 0 saturated carbocycles. The Bertz CT molecular complexity index is 910. The highest BCUT2D eigenvalue weighted by atomic mass is 16.5. The van der Waals surface area contributed by atoms with Crippen molar-refractivity contribution in [2.24, 2.45) is 5.92 Å². The molecule has 0 unspecified atom stereocenters. The molecule has 0 aromatic heterocycles. The topological polar surface area (TPSA) is 24.5 Å². The van der Waals surface area contributed by atoms with E-state index in [0.717, 1.165) is 18.2 Å². The average Bonchev–Trinajstić information content (AvgIpc) is 2.86. The van der Waals surface area contributed by atoms with E-state index in [1.807, 2.05) is 0 Å².